The molecule has 0 saturated carbocycles. The molecule has 23 heavy (non-hydrogen) atoms. The molecule has 1 N–H and O–H groups in total. The fourth-order valence-electron chi connectivity index (χ4n) is 2.16. The molecule has 0 saturated heterocycles. The second-order valence-corrected chi connectivity index (χ2v) is 5.30. The molecule has 1 amide bonds. The lowest BCUT2D eigenvalue weighted by atomic mass is 10.3. The smallest absolute Gasteiger partial charge is 0.358 e. The molecule has 2 rings (SSSR count). The Labute approximate surface area is 133 Å². The molecule has 0 aliphatic carbocycles. The van der Waals surface area contributed by atoms with Gasteiger partial charge in [-0.15, -0.1) is 0 Å². The summed E-state index contributed by atoms with van der Waals surface area (Å²) < 4.78 is 3.32. The van der Waals surface area contributed by atoms with E-state index in [1.807, 2.05) is 23.9 Å². The lowest BCUT2D eigenvalue weighted by molar-refractivity contribution is -0.389. The largest absolute Gasteiger partial charge is 0.390 e. The van der Waals surface area contributed by atoms with Crippen LogP contribution in [0.1, 0.15) is 24.2 Å². The number of rotatable bonds is 8. The highest BCUT2D eigenvalue weighted by Gasteiger charge is 2.15. The van der Waals surface area contributed by atoms with E-state index in [1.165, 1.54) is 10.7 Å². The van der Waals surface area contributed by atoms with Gasteiger partial charge in [-0.3, -0.25) is 9.48 Å². The number of hydrogen-bond donors (Lipinski definition) is 1. The van der Waals surface area contributed by atoms with Crippen LogP contribution in [0.4, 0.5) is 5.82 Å². The summed E-state index contributed by atoms with van der Waals surface area (Å²) >= 11 is 0. The van der Waals surface area contributed by atoms with Gasteiger partial charge >= 0.3 is 5.82 Å². The second kappa shape index (κ2) is 7.52. The van der Waals surface area contributed by atoms with Gasteiger partial charge in [0.05, 0.1) is 29.1 Å². The zero-order chi connectivity index (χ0) is 16.8. The van der Waals surface area contributed by atoms with Crippen LogP contribution < -0.4 is 5.32 Å². The molecule has 0 fully saturated rings. The normalized spacial score (nSPS) is 10.7. The topological polar surface area (TPSA) is 108 Å². The van der Waals surface area contributed by atoms with Gasteiger partial charge in [0.25, 0.3) is 0 Å². The van der Waals surface area contributed by atoms with Gasteiger partial charge in [0, 0.05) is 25.7 Å². The Bertz CT molecular complexity index is 690. The molecule has 0 aromatic carbocycles. The van der Waals surface area contributed by atoms with Crippen molar-refractivity contribution < 1.29 is 9.72 Å². The van der Waals surface area contributed by atoms with Gasteiger partial charge in [0.1, 0.15) is 0 Å². The first-order valence-electron chi connectivity index (χ1n) is 7.41. The maximum Gasteiger partial charge on any atom is 0.390 e. The number of aryl methyl sites for hydroxylation is 4. The first kappa shape index (κ1) is 16.7. The lowest BCUT2D eigenvalue weighted by Gasteiger charge is -2.05. The predicted molar refractivity (Wildman–Crippen MR) is 82.8 cm³/mol. The molecule has 2 heterocycles. The summed E-state index contributed by atoms with van der Waals surface area (Å²) in [6.07, 6.45) is 2.93. The number of hydrogen-bond acceptors (Lipinski definition) is 5. The van der Waals surface area contributed by atoms with E-state index >= 15 is 0 Å². The molecule has 0 bridgehead atoms. The van der Waals surface area contributed by atoms with Crippen molar-refractivity contribution in [1.29, 1.82) is 0 Å². The lowest BCUT2D eigenvalue weighted by Crippen LogP contribution is -2.26. The minimum atomic E-state index is -0.541. The fraction of sp³-hybridized carbons (Fsp3) is 0.500. The molecule has 0 aliphatic rings. The average molecular weight is 320 g/mol. The van der Waals surface area contributed by atoms with Gasteiger partial charge in [-0.1, -0.05) is 0 Å². The molecule has 9 heteroatoms. The standard InChI is InChI=1S/C14H20N6O3/c1-11-4-8-18(16-11)7-3-6-15-14(21)5-9-19-12(2)10-13(17-19)20(22)23/h4,8,10H,3,5-7,9H2,1-2H3,(H,15,21). The van der Waals surface area contributed by atoms with Gasteiger partial charge in [-0.2, -0.15) is 9.78 Å². The summed E-state index contributed by atoms with van der Waals surface area (Å²) in [6, 6.07) is 3.33. The summed E-state index contributed by atoms with van der Waals surface area (Å²) in [7, 11) is 0. The molecular weight excluding hydrogens is 300 g/mol. The highest BCUT2D eigenvalue weighted by atomic mass is 16.6. The number of amides is 1. The van der Waals surface area contributed by atoms with Crippen LogP contribution in [-0.2, 0) is 17.9 Å². The Balaban J connectivity index is 1.68. The van der Waals surface area contributed by atoms with Crippen LogP contribution in [0.2, 0.25) is 0 Å². The minimum absolute atomic E-state index is 0.0980. The minimum Gasteiger partial charge on any atom is -0.358 e. The van der Waals surface area contributed by atoms with Crippen molar-refractivity contribution >= 4 is 11.7 Å². The van der Waals surface area contributed by atoms with E-state index in [9.17, 15) is 14.9 Å². The van der Waals surface area contributed by atoms with Gasteiger partial charge in [0.15, 0.2) is 0 Å². The molecule has 2 aromatic rings. The number of nitrogens with one attached hydrogen (secondary N) is 1. The van der Waals surface area contributed by atoms with Crippen molar-refractivity contribution in [3.8, 4) is 0 Å². The van der Waals surface area contributed by atoms with Crippen molar-refractivity contribution in [3.63, 3.8) is 0 Å². The van der Waals surface area contributed by atoms with E-state index in [0.29, 0.717) is 18.8 Å². The predicted octanol–water partition coefficient (Wildman–Crippen LogP) is 1.20. The molecule has 0 aliphatic heterocycles. The first-order chi connectivity index (χ1) is 11.0. The summed E-state index contributed by atoms with van der Waals surface area (Å²) in [5.74, 6) is -0.295. The maximum atomic E-state index is 11.8. The third-order valence-electron chi connectivity index (χ3n) is 3.37. The third-order valence-corrected chi connectivity index (χ3v) is 3.37. The van der Waals surface area contributed by atoms with Crippen LogP contribution in [0, 0.1) is 24.0 Å². The SMILES string of the molecule is Cc1ccn(CCCNC(=O)CCn2nc([N+](=O)[O-])cc2C)n1. The van der Waals surface area contributed by atoms with E-state index in [1.54, 1.807) is 6.92 Å². The highest BCUT2D eigenvalue weighted by Crippen LogP contribution is 2.11. The molecule has 0 radical (unpaired) electrons. The van der Waals surface area contributed by atoms with E-state index < -0.39 is 4.92 Å². The van der Waals surface area contributed by atoms with Gasteiger partial charge in [-0.05, 0) is 31.3 Å². The van der Waals surface area contributed by atoms with Crippen LogP contribution in [0.5, 0.6) is 0 Å². The average Bonchev–Trinajstić information content (AvgIpc) is 3.07. The number of nitrogens with zero attached hydrogens (tertiary/aromatic N) is 5. The van der Waals surface area contributed by atoms with E-state index in [2.05, 4.69) is 15.5 Å². The maximum absolute atomic E-state index is 11.8. The van der Waals surface area contributed by atoms with Crippen molar-refractivity contribution in [2.24, 2.45) is 0 Å². The molecule has 0 spiro atoms. The molecule has 0 atom stereocenters. The Morgan fingerprint density at radius 1 is 1.35 bits per heavy atom. The first-order valence-corrected chi connectivity index (χ1v) is 7.41. The van der Waals surface area contributed by atoms with Gasteiger partial charge in [-0.25, -0.2) is 0 Å². The van der Waals surface area contributed by atoms with Crippen LogP contribution in [0.25, 0.3) is 0 Å². The Hall–Kier alpha value is -2.71. The van der Waals surface area contributed by atoms with Crippen LogP contribution in [0.15, 0.2) is 18.3 Å². The van der Waals surface area contributed by atoms with Crippen LogP contribution >= 0.6 is 0 Å². The van der Waals surface area contributed by atoms with E-state index in [4.69, 9.17) is 0 Å². The number of aromatic nitrogens is 4. The summed E-state index contributed by atoms with van der Waals surface area (Å²) in [5.41, 5.74) is 1.64. The third kappa shape index (κ3) is 4.90. The molecule has 9 nitrogen and oxygen atoms in total. The number of nitro groups is 1. The number of carbonyl (C=O) groups is 1. The summed E-state index contributed by atoms with van der Waals surface area (Å²) in [5, 5.41) is 21.6. The quantitative estimate of drug-likeness (QED) is 0.447. The van der Waals surface area contributed by atoms with Crippen molar-refractivity contribution in [3.05, 3.63) is 39.8 Å². The van der Waals surface area contributed by atoms with Gasteiger partial charge in [0.2, 0.25) is 5.91 Å². The molecule has 0 unspecified atom stereocenters. The van der Waals surface area contributed by atoms with Crippen molar-refractivity contribution in [2.45, 2.75) is 39.8 Å². The second-order valence-electron chi connectivity index (χ2n) is 5.30. The van der Waals surface area contributed by atoms with E-state index in [-0.39, 0.29) is 18.1 Å². The zero-order valence-corrected chi connectivity index (χ0v) is 13.2. The van der Waals surface area contributed by atoms with Crippen molar-refractivity contribution in [1.82, 2.24) is 24.9 Å². The van der Waals surface area contributed by atoms with Gasteiger partial charge < -0.3 is 15.4 Å². The fourth-order valence-corrected chi connectivity index (χ4v) is 2.16. The zero-order valence-electron chi connectivity index (χ0n) is 13.2. The van der Waals surface area contributed by atoms with Crippen LogP contribution in [-0.4, -0.2) is 36.9 Å². The van der Waals surface area contributed by atoms with Crippen molar-refractivity contribution in [2.75, 3.05) is 6.54 Å². The highest BCUT2D eigenvalue weighted by molar-refractivity contribution is 5.75. The molecule has 124 valence electrons. The Kier molecular flexibility index (Phi) is 5.45. The summed E-state index contributed by atoms with van der Waals surface area (Å²) in [4.78, 5) is 21.9. The molecular formula is C14H20N6O3. The summed E-state index contributed by atoms with van der Waals surface area (Å²) in [6.45, 7) is 5.29. The monoisotopic (exact) mass is 320 g/mol. The van der Waals surface area contributed by atoms with E-state index in [0.717, 1.165) is 18.7 Å². The molecule has 2 aromatic heterocycles. The number of carbonyl (C=O) groups excluding carboxylic acids is 1. The van der Waals surface area contributed by atoms with Crippen LogP contribution in [0.3, 0.4) is 0 Å². The Morgan fingerprint density at radius 3 is 2.74 bits per heavy atom. The Morgan fingerprint density at radius 2 is 2.13 bits per heavy atom.